The molecule has 0 bridgehead atoms. The van der Waals surface area contributed by atoms with Crippen LogP contribution in [0, 0.1) is 0 Å². The second-order valence-electron chi connectivity index (χ2n) is 5.02. The Balaban J connectivity index is 1.85. The van der Waals surface area contributed by atoms with E-state index in [1.165, 1.54) is 0 Å². The van der Waals surface area contributed by atoms with Gasteiger partial charge in [-0.3, -0.25) is 4.79 Å². The van der Waals surface area contributed by atoms with Crippen molar-refractivity contribution in [2.45, 2.75) is 26.1 Å². The molecule has 2 aliphatic rings. The van der Waals surface area contributed by atoms with Gasteiger partial charge in [-0.25, -0.2) is 4.98 Å². The molecule has 102 valence electrons. The Morgan fingerprint density at radius 1 is 1.32 bits per heavy atom. The molecule has 6 nitrogen and oxygen atoms in total. The van der Waals surface area contributed by atoms with Gasteiger partial charge in [0.15, 0.2) is 18.2 Å². The molecule has 1 amide bonds. The number of fused-ring (bicyclic) bond motifs is 1. The summed E-state index contributed by atoms with van der Waals surface area (Å²) in [5.74, 6) is 1.80. The standard InChI is InChI=1S/C13H17N3O3/c1-8-5-16(6-9(2)19-8)11-4-3-10-13(14-11)15-12(17)7-18-10/h3-4,8-9H,5-7H2,1-2H3,(H,14,15,17). The molecule has 0 radical (unpaired) electrons. The van der Waals surface area contributed by atoms with Crippen LogP contribution in [0.15, 0.2) is 12.1 Å². The minimum atomic E-state index is -0.166. The van der Waals surface area contributed by atoms with Gasteiger partial charge in [-0.05, 0) is 26.0 Å². The first-order valence-corrected chi connectivity index (χ1v) is 6.46. The van der Waals surface area contributed by atoms with Crippen LogP contribution < -0.4 is 15.0 Å². The minimum Gasteiger partial charge on any atom is -0.480 e. The summed E-state index contributed by atoms with van der Waals surface area (Å²) in [6, 6.07) is 3.77. The van der Waals surface area contributed by atoms with Crippen molar-refractivity contribution in [1.29, 1.82) is 0 Å². The maximum absolute atomic E-state index is 11.3. The molecule has 0 aliphatic carbocycles. The Morgan fingerprint density at radius 3 is 2.79 bits per heavy atom. The zero-order valence-corrected chi connectivity index (χ0v) is 11.0. The number of carbonyl (C=O) groups excluding carboxylic acids is 1. The fourth-order valence-corrected chi connectivity index (χ4v) is 2.49. The molecule has 0 saturated carbocycles. The number of nitrogens with zero attached hydrogens (tertiary/aromatic N) is 2. The van der Waals surface area contributed by atoms with Gasteiger partial charge in [0.1, 0.15) is 5.82 Å². The van der Waals surface area contributed by atoms with Gasteiger partial charge < -0.3 is 19.7 Å². The Hall–Kier alpha value is -1.82. The number of rotatable bonds is 1. The second-order valence-corrected chi connectivity index (χ2v) is 5.02. The van der Waals surface area contributed by atoms with Crippen molar-refractivity contribution < 1.29 is 14.3 Å². The largest absolute Gasteiger partial charge is 0.480 e. The van der Waals surface area contributed by atoms with Crippen LogP contribution in [0.5, 0.6) is 5.75 Å². The maximum atomic E-state index is 11.3. The zero-order chi connectivity index (χ0) is 13.4. The lowest BCUT2D eigenvalue weighted by atomic mass is 10.2. The molecule has 1 fully saturated rings. The summed E-state index contributed by atoms with van der Waals surface area (Å²) in [6.45, 7) is 5.74. The lowest BCUT2D eigenvalue weighted by Crippen LogP contribution is -2.46. The van der Waals surface area contributed by atoms with Gasteiger partial charge in [0.25, 0.3) is 5.91 Å². The molecule has 0 spiro atoms. The number of hydrogen-bond donors (Lipinski definition) is 1. The number of nitrogens with one attached hydrogen (secondary N) is 1. The van der Waals surface area contributed by atoms with Crippen LogP contribution in [-0.4, -0.2) is 42.8 Å². The zero-order valence-electron chi connectivity index (χ0n) is 11.0. The van der Waals surface area contributed by atoms with Crippen molar-refractivity contribution in [3.63, 3.8) is 0 Å². The normalized spacial score (nSPS) is 26.4. The van der Waals surface area contributed by atoms with Gasteiger partial charge in [-0.15, -0.1) is 0 Å². The molecular formula is C13H17N3O3. The number of morpholine rings is 1. The van der Waals surface area contributed by atoms with E-state index in [0.717, 1.165) is 18.9 Å². The topological polar surface area (TPSA) is 63.7 Å². The van der Waals surface area contributed by atoms with Crippen molar-refractivity contribution in [3.05, 3.63) is 12.1 Å². The third kappa shape index (κ3) is 2.49. The van der Waals surface area contributed by atoms with E-state index in [1.54, 1.807) is 0 Å². The van der Waals surface area contributed by atoms with E-state index in [-0.39, 0.29) is 24.7 Å². The van der Waals surface area contributed by atoms with Crippen LogP contribution in [0.2, 0.25) is 0 Å². The molecule has 1 saturated heterocycles. The first kappa shape index (κ1) is 12.2. The highest BCUT2D eigenvalue weighted by molar-refractivity contribution is 5.94. The summed E-state index contributed by atoms with van der Waals surface area (Å²) in [4.78, 5) is 17.9. The van der Waals surface area contributed by atoms with E-state index in [9.17, 15) is 4.79 Å². The third-order valence-corrected chi connectivity index (χ3v) is 3.20. The van der Waals surface area contributed by atoms with Crippen molar-refractivity contribution in [2.24, 2.45) is 0 Å². The van der Waals surface area contributed by atoms with E-state index in [4.69, 9.17) is 9.47 Å². The Kier molecular flexibility index (Phi) is 3.02. The Morgan fingerprint density at radius 2 is 2.05 bits per heavy atom. The van der Waals surface area contributed by atoms with Gasteiger partial charge >= 0.3 is 0 Å². The molecule has 6 heteroatoms. The summed E-state index contributed by atoms with van der Waals surface area (Å²) in [5, 5.41) is 2.73. The highest BCUT2D eigenvalue weighted by Crippen LogP contribution is 2.29. The molecular weight excluding hydrogens is 246 g/mol. The lowest BCUT2D eigenvalue weighted by molar-refractivity contribution is -0.118. The molecule has 3 heterocycles. The van der Waals surface area contributed by atoms with Gasteiger partial charge in [0.05, 0.1) is 12.2 Å². The van der Waals surface area contributed by atoms with E-state index < -0.39 is 0 Å². The maximum Gasteiger partial charge on any atom is 0.263 e. The summed E-state index contributed by atoms with van der Waals surface area (Å²) < 4.78 is 11.0. The summed E-state index contributed by atoms with van der Waals surface area (Å²) in [6.07, 6.45) is 0.347. The minimum absolute atomic E-state index is 0.0552. The van der Waals surface area contributed by atoms with Crippen molar-refractivity contribution in [3.8, 4) is 5.75 Å². The number of aromatic nitrogens is 1. The molecule has 1 N–H and O–H groups in total. The van der Waals surface area contributed by atoms with Gasteiger partial charge in [0.2, 0.25) is 0 Å². The summed E-state index contributed by atoms with van der Waals surface area (Å²) in [7, 11) is 0. The SMILES string of the molecule is CC1CN(c2ccc3c(n2)NC(=O)CO3)CC(C)O1. The van der Waals surface area contributed by atoms with Crippen LogP contribution in [0.1, 0.15) is 13.8 Å². The average molecular weight is 263 g/mol. The van der Waals surface area contributed by atoms with Gasteiger partial charge in [-0.2, -0.15) is 0 Å². The summed E-state index contributed by atoms with van der Waals surface area (Å²) >= 11 is 0. The van der Waals surface area contributed by atoms with Crippen molar-refractivity contribution in [2.75, 3.05) is 29.9 Å². The second kappa shape index (κ2) is 4.70. The van der Waals surface area contributed by atoms with Crippen molar-refractivity contribution >= 4 is 17.5 Å². The average Bonchev–Trinajstić information content (AvgIpc) is 2.36. The first-order chi connectivity index (χ1) is 9.11. The van der Waals surface area contributed by atoms with Crippen LogP contribution in [0.4, 0.5) is 11.6 Å². The Labute approximate surface area is 111 Å². The smallest absolute Gasteiger partial charge is 0.263 e. The molecule has 0 aromatic carbocycles. The molecule has 2 atom stereocenters. The third-order valence-electron chi connectivity index (χ3n) is 3.20. The van der Waals surface area contributed by atoms with Gasteiger partial charge in [-0.1, -0.05) is 0 Å². The molecule has 19 heavy (non-hydrogen) atoms. The number of carbonyl (C=O) groups is 1. The van der Waals surface area contributed by atoms with Gasteiger partial charge in [0, 0.05) is 13.1 Å². The van der Waals surface area contributed by atoms with E-state index in [1.807, 2.05) is 26.0 Å². The molecule has 2 unspecified atom stereocenters. The van der Waals surface area contributed by atoms with E-state index >= 15 is 0 Å². The first-order valence-electron chi connectivity index (χ1n) is 6.46. The fourth-order valence-electron chi connectivity index (χ4n) is 2.49. The highest BCUT2D eigenvalue weighted by Gasteiger charge is 2.25. The van der Waals surface area contributed by atoms with E-state index in [0.29, 0.717) is 11.6 Å². The van der Waals surface area contributed by atoms with Crippen LogP contribution in [-0.2, 0) is 9.53 Å². The van der Waals surface area contributed by atoms with E-state index in [2.05, 4.69) is 15.2 Å². The molecule has 1 aromatic rings. The number of amides is 1. The summed E-state index contributed by atoms with van der Waals surface area (Å²) in [5.41, 5.74) is 0. The van der Waals surface area contributed by atoms with Crippen LogP contribution >= 0.6 is 0 Å². The highest BCUT2D eigenvalue weighted by atomic mass is 16.5. The predicted molar refractivity (Wildman–Crippen MR) is 70.6 cm³/mol. The van der Waals surface area contributed by atoms with Crippen molar-refractivity contribution in [1.82, 2.24) is 4.98 Å². The Bertz CT molecular complexity index is 496. The quantitative estimate of drug-likeness (QED) is 0.819. The monoisotopic (exact) mass is 263 g/mol. The predicted octanol–water partition coefficient (Wildman–Crippen LogP) is 1.03. The van der Waals surface area contributed by atoms with Crippen LogP contribution in [0.3, 0.4) is 0 Å². The number of anilines is 2. The molecule has 1 aromatic heterocycles. The molecule has 2 aliphatic heterocycles. The van der Waals surface area contributed by atoms with Crippen LogP contribution in [0.25, 0.3) is 0 Å². The number of ether oxygens (including phenoxy) is 2. The fraction of sp³-hybridized carbons (Fsp3) is 0.538. The number of hydrogen-bond acceptors (Lipinski definition) is 5. The lowest BCUT2D eigenvalue weighted by Gasteiger charge is -2.36. The molecule has 3 rings (SSSR count). The number of pyridine rings is 1.